The minimum Gasteiger partial charge on any atom is -0.502 e. The Kier molecular flexibility index (Phi) is 3.10. The summed E-state index contributed by atoms with van der Waals surface area (Å²) in [7, 11) is 1.09. The number of aromatic hydroxyl groups is 1. The van der Waals surface area contributed by atoms with Crippen LogP contribution < -0.4 is 0 Å². The highest BCUT2D eigenvalue weighted by atomic mass is 16.6. The van der Waals surface area contributed by atoms with Crippen LogP contribution in [0.4, 0.5) is 5.69 Å². The first-order chi connectivity index (χ1) is 9.36. The molecule has 1 aliphatic rings. The number of amides is 2. The zero-order valence-electron chi connectivity index (χ0n) is 10.2. The molecule has 9 heteroatoms. The van der Waals surface area contributed by atoms with Crippen LogP contribution in [0.3, 0.4) is 0 Å². The lowest BCUT2D eigenvalue weighted by Gasteiger charge is -2.11. The van der Waals surface area contributed by atoms with Crippen LogP contribution in [0.5, 0.6) is 5.75 Å². The molecule has 0 atom stereocenters. The lowest BCUT2D eigenvalue weighted by molar-refractivity contribution is -0.385. The zero-order chi connectivity index (χ0) is 15.0. The highest BCUT2D eigenvalue weighted by molar-refractivity contribution is 6.22. The van der Waals surface area contributed by atoms with E-state index in [1.807, 2.05) is 0 Å². The monoisotopic (exact) mass is 280 g/mol. The number of fused-ring (bicyclic) bond motifs is 1. The van der Waals surface area contributed by atoms with Crippen LogP contribution in [0, 0.1) is 10.1 Å². The van der Waals surface area contributed by atoms with E-state index in [1.165, 1.54) is 0 Å². The van der Waals surface area contributed by atoms with Gasteiger partial charge in [-0.2, -0.15) is 0 Å². The molecule has 9 nitrogen and oxygen atoms in total. The molecule has 0 saturated carbocycles. The number of nitro groups is 1. The zero-order valence-corrected chi connectivity index (χ0v) is 10.2. The first-order valence-corrected chi connectivity index (χ1v) is 5.31. The van der Waals surface area contributed by atoms with Gasteiger partial charge in [0.25, 0.3) is 11.8 Å². The smallest absolute Gasteiger partial charge is 0.325 e. The van der Waals surface area contributed by atoms with E-state index >= 15 is 0 Å². The van der Waals surface area contributed by atoms with E-state index in [9.17, 15) is 29.6 Å². The molecule has 0 unspecified atom stereocenters. The fraction of sp³-hybridized carbons (Fsp3) is 0.182. The maximum atomic E-state index is 11.9. The fourth-order valence-corrected chi connectivity index (χ4v) is 1.80. The van der Waals surface area contributed by atoms with Gasteiger partial charge in [-0.25, -0.2) is 0 Å². The average Bonchev–Trinajstić information content (AvgIpc) is 2.62. The number of hydrogen-bond acceptors (Lipinski definition) is 7. The number of carbonyl (C=O) groups excluding carboxylic acids is 3. The molecule has 0 bridgehead atoms. The number of benzene rings is 1. The average molecular weight is 280 g/mol. The molecule has 0 aromatic heterocycles. The van der Waals surface area contributed by atoms with Gasteiger partial charge < -0.3 is 9.84 Å². The molecule has 20 heavy (non-hydrogen) atoms. The molecular formula is C11H8N2O7. The Hall–Kier alpha value is -2.97. The Bertz CT molecular complexity index is 652. The summed E-state index contributed by atoms with van der Waals surface area (Å²) in [5.74, 6) is -3.20. The van der Waals surface area contributed by atoms with Gasteiger partial charge in [-0.1, -0.05) is 0 Å². The number of hydrogen-bond donors (Lipinski definition) is 1. The highest BCUT2D eigenvalue weighted by Crippen LogP contribution is 2.33. The second-order valence-electron chi connectivity index (χ2n) is 3.92. The standard InChI is InChI=1S/C11H8N2O7/c1-20-9(15)4-12-10(16)5-2-7(13(18)19)8(14)3-6(5)11(12)17/h2-3,14H,4H2,1H3. The molecule has 1 aliphatic heterocycles. The Morgan fingerprint density at radius 1 is 1.35 bits per heavy atom. The SMILES string of the molecule is COC(=O)CN1C(=O)c2cc(O)c([N+](=O)[O-])cc2C1=O. The van der Waals surface area contributed by atoms with E-state index in [0.717, 1.165) is 19.2 Å². The Labute approximate surface area is 111 Å². The van der Waals surface area contributed by atoms with Crippen molar-refractivity contribution in [2.24, 2.45) is 0 Å². The van der Waals surface area contributed by atoms with Gasteiger partial charge in [0, 0.05) is 12.1 Å². The van der Waals surface area contributed by atoms with Gasteiger partial charge in [-0.05, 0) is 0 Å². The van der Waals surface area contributed by atoms with Gasteiger partial charge in [-0.3, -0.25) is 29.4 Å². The molecule has 2 amide bonds. The summed E-state index contributed by atoms with van der Waals surface area (Å²) in [4.78, 5) is 45.4. The Morgan fingerprint density at radius 2 is 1.90 bits per heavy atom. The number of methoxy groups -OCH3 is 1. The molecule has 0 radical (unpaired) electrons. The van der Waals surface area contributed by atoms with Crippen molar-refractivity contribution in [3.8, 4) is 5.75 Å². The van der Waals surface area contributed by atoms with Gasteiger partial charge in [0.2, 0.25) is 0 Å². The maximum Gasteiger partial charge on any atom is 0.325 e. The third-order valence-electron chi connectivity index (χ3n) is 2.78. The summed E-state index contributed by atoms with van der Waals surface area (Å²) in [6, 6.07) is 1.65. The number of rotatable bonds is 3. The molecule has 1 aromatic carbocycles. The van der Waals surface area contributed by atoms with Crippen molar-refractivity contribution >= 4 is 23.5 Å². The third kappa shape index (κ3) is 1.94. The first-order valence-electron chi connectivity index (χ1n) is 5.31. The van der Waals surface area contributed by atoms with Crippen molar-refractivity contribution in [2.75, 3.05) is 13.7 Å². The number of phenols is 1. The van der Waals surface area contributed by atoms with Crippen molar-refractivity contribution in [3.63, 3.8) is 0 Å². The van der Waals surface area contributed by atoms with Gasteiger partial charge in [-0.15, -0.1) is 0 Å². The topological polar surface area (TPSA) is 127 Å². The molecule has 1 N–H and O–H groups in total. The van der Waals surface area contributed by atoms with Crippen LogP contribution in [-0.2, 0) is 9.53 Å². The predicted octanol–water partition coefficient (Wildman–Crippen LogP) is 0.0694. The van der Waals surface area contributed by atoms with Crippen LogP contribution in [0.25, 0.3) is 0 Å². The largest absolute Gasteiger partial charge is 0.502 e. The van der Waals surface area contributed by atoms with Crippen molar-refractivity contribution < 1.29 is 29.2 Å². The van der Waals surface area contributed by atoms with Gasteiger partial charge in [0.1, 0.15) is 6.54 Å². The predicted molar refractivity (Wildman–Crippen MR) is 62.1 cm³/mol. The van der Waals surface area contributed by atoms with Crippen molar-refractivity contribution in [2.45, 2.75) is 0 Å². The molecule has 0 aliphatic carbocycles. The van der Waals surface area contributed by atoms with Crippen LogP contribution >= 0.6 is 0 Å². The number of nitro benzene ring substituents is 1. The Morgan fingerprint density at radius 3 is 2.40 bits per heavy atom. The summed E-state index contributed by atoms with van der Waals surface area (Å²) in [5, 5.41) is 20.1. The van der Waals surface area contributed by atoms with Gasteiger partial charge >= 0.3 is 11.7 Å². The van der Waals surface area contributed by atoms with Crippen LogP contribution in [0.15, 0.2) is 12.1 Å². The van der Waals surface area contributed by atoms with E-state index in [-0.39, 0.29) is 11.1 Å². The second-order valence-corrected chi connectivity index (χ2v) is 3.92. The van der Waals surface area contributed by atoms with Crippen molar-refractivity contribution in [3.05, 3.63) is 33.4 Å². The minimum absolute atomic E-state index is 0.193. The van der Waals surface area contributed by atoms with E-state index in [1.54, 1.807) is 0 Å². The maximum absolute atomic E-state index is 11.9. The quantitative estimate of drug-likeness (QED) is 0.359. The molecule has 0 fully saturated rings. The molecule has 0 saturated heterocycles. The summed E-state index contributed by atoms with van der Waals surface area (Å²) in [6.07, 6.45) is 0. The molecule has 1 aromatic rings. The van der Waals surface area contributed by atoms with E-state index < -0.39 is 40.7 Å². The van der Waals surface area contributed by atoms with E-state index in [4.69, 9.17) is 0 Å². The van der Waals surface area contributed by atoms with E-state index in [0.29, 0.717) is 4.90 Å². The number of esters is 1. The first kappa shape index (κ1) is 13.5. The van der Waals surface area contributed by atoms with Gasteiger partial charge in [0.05, 0.1) is 23.2 Å². The van der Waals surface area contributed by atoms with Crippen LogP contribution in [0.2, 0.25) is 0 Å². The number of imide groups is 1. The molecule has 1 heterocycles. The molecule has 0 spiro atoms. The summed E-state index contributed by atoms with van der Waals surface area (Å²) >= 11 is 0. The Balaban J connectivity index is 2.46. The van der Waals surface area contributed by atoms with Gasteiger partial charge in [0.15, 0.2) is 5.75 Å². The number of nitrogens with zero attached hydrogens (tertiary/aromatic N) is 2. The lowest BCUT2D eigenvalue weighted by Crippen LogP contribution is -2.35. The second kappa shape index (κ2) is 4.61. The summed E-state index contributed by atoms with van der Waals surface area (Å²) in [6.45, 7) is -0.600. The van der Waals surface area contributed by atoms with Crippen LogP contribution in [-0.4, -0.2) is 46.4 Å². The number of carbonyl (C=O) groups is 3. The molecule has 104 valence electrons. The van der Waals surface area contributed by atoms with Crippen LogP contribution in [0.1, 0.15) is 20.7 Å². The van der Waals surface area contributed by atoms with E-state index in [2.05, 4.69) is 4.74 Å². The normalized spacial score (nSPS) is 13.3. The number of phenolic OH excluding ortho intramolecular Hbond substituents is 1. The lowest BCUT2D eigenvalue weighted by atomic mass is 10.1. The summed E-state index contributed by atoms with van der Waals surface area (Å²) in [5.41, 5.74) is -1.12. The third-order valence-corrected chi connectivity index (χ3v) is 2.78. The fourth-order valence-electron chi connectivity index (χ4n) is 1.80. The highest BCUT2D eigenvalue weighted by Gasteiger charge is 2.39. The summed E-state index contributed by atoms with van der Waals surface area (Å²) < 4.78 is 4.35. The molecule has 2 rings (SSSR count). The van der Waals surface area contributed by atoms with Crippen molar-refractivity contribution in [1.29, 1.82) is 0 Å². The number of ether oxygens (including phenoxy) is 1. The minimum atomic E-state index is -0.879. The van der Waals surface area contributed by atoms with Crippen molar-refractivity contribution in [1.82, 2.24) is 4.90 Å². The molecular weight excluding hydrogens is 272 g/mol.